The average molecular weight is 476 g/mol. The van der Waals surface area contributed by atoms with Crippen molar-refractivity contribution >= 4 is 15.7 Å². The molecule has 0 aliphatic carbocycles. The molecule has 3 rings (SSSR count). The predicted molar refractivity (Wildman–Crippen MR) is 110 cm³/mol. The van der Waals surface area contributed by atoms with Crippen molar-refractivity contribution in [3.05, 3.63) is 54.1 Å². The van der Waals surface area contributed by atoms with Gasteiger partial charge in [-0.15, -0.1) is 0 Å². The molecule has 1 fully saturated rings. The Balaban J connectivity index is 0.00000225. The van der Waals surface area contributed by atoms with E-state index in [2.05, 4.69) is 16.9 Å². The molecule has 168 valence electrons. The number of hydrogen-bond donors (Lipinski definition) is 3. The van der Waals surface area contributed by atoms with Crippen molar-refractivity contribution < 1.29 is 47.8 Å². The number of quaternary nitrogens is 2. The topological polar surface area (TPSA) is 64.3 Å². The third-order valence-corrected chi connectivity index (χ3v) is 6.86. The summed E-state index contributed by atoms with van der Waals surface area (Å²) in [6.07, 6.45) is 0.838. The monoisotopic (exact) mass is 475 g/mol. The number of halogens is 2. The highest BCUT2D eigenvalue weighted by atomic mass is 35.5. The molecule has 1 saturated heterocycles. The lowest BCUT2D eigenvalue weighted by Crippen LogP contribution is -3.26. The minimum Gasteiger partial charge on any atom is -1.00 e. The van der Waals surface area contributed by atoms with Crippen LogP contribution in [0.25, 0.3) is 0 Å². The van der Waals surface area contributed by atoms with Crippen LogP contribution in [0.5, 0.6) is 5.75 Å². The molecular formula is C21H31Cl2N3O3S. The van der Waals surface area contributed by atoms with Crippen molar-refractivity contribution in [2.75, 3.05) is 46.4 Å². The number of hydrogen-bond acceptors (Lipinski definition) is 3. The fourth-order valence-electron chi connectivity index (χ4n) is 3.71. The lowest BCUT2D eigenvalue weighted by Gasteiger charge is -2.30. The van der Waals surface area contributed by atoms with Gasteiger partial charge in [-0.25, -0.2) is 13.1 Å². The van der Waals surface area contributed by atoms with Crippen LogP contribution in [-0.4, -0.2) is 54.8 Å². The van der Waals surface area contributed by atoms with Crippen molar-refractivity contribution in [1.82, 2.24) is 4.72 Å². The van der Waals surface area contributed by atoms with E-state index in [0.29, 0.717) is 11.4 Å². The van der Waals surface area contributed by atoms with Crippen LogP contribution in [0, 0.1) is 6.92 Å². The minimum absolute atomic E-state index is 0. The first-order chi connectivity index (χ1) is 13.5. The molecule has 30 heavy (non-hydrogen) atoms. The van der Waals surface area contributed by atoms with Crippen molar-refractivity contribution in [3.8, 4) is 5.75 Å². The SMILES string of the molecule is COc1ccccc1[NH+]1CC[NH+](CCCNS(=O)(=O)c2ccc(C)cc2)CC1.[Cl-].[Cl-]. The number of aryl methyl sites for hydroxylation is 1. The summed E-state index contributed by atoms with van der Waals surface area (Å²) in [5.41, 5.74) is 2.28. The van der Waals surface area contributed by atoms with Crippen LogP contribution in [-0.2, 0) is 10.0 Å². The molecular weight excluding hydrogens is 445 g/mol. The Morgan fingerprint density at radius 3 is 2.23 bits per heavy atom. The molecule has 1 aliphatic rings. The van der Waals surface area contributed by atoms with E-state index in [1.807, 2.05) is 31.2 Å². The van der Waals surface area contributed by atoms with Crippen LogP contribution in [0.15, 0.2) is 53.4 Å². The van der Waals surface area contributed by atoms with Crippen LogP contribution in [0.1, 0.15) is 12.0 Å². The summed E-state index contributed by atoms with van der Waals surface area (Å²) in [6.45, 7) is 7.69. The number of nitrogens with one attached hydrogen (secondary N) is 3. The zero-order chi connectivity index (χ0) is 20.0. The van der Waals surface area contributed by atoms with Gasteiger partial charge in [0.1, 0.15) is 26.2 Å². The molecule has 2 aromatic carbocycles. The Morgan fingerprint density at radius 1 is 0.967 bits per heavy atom. The van der Waals surface area contributed by atoms with E-state index in [1.165, 1.54) is 15.5 Å². The third kappa shape index (κ3) is 7.11. The largest absolute Gasteiger partial charge is 1.00 e. The van der Waals surface area contributed by atoms with Gasteiger partial charge in [0.15, 0.2) is 11.4 Å². The van der Waals surface area contributed by atoms with E-state index in [1.54, 1.807) is 19.2 Å². The second-order valence-corrected chi connectivity index (χ2v) is 9.14. The summed E-state index contributed by atoms with van der Waals surface area (Å²) in [7, 11) is -1.69. The van der Waals surface area contributed by atoms with Gasteiger partial charge in [-0.05, 0) is 25.1 Å². The van der Waals surface area contributed by atoms with Crippen molar-refractivity contribution in [3.63, 3.8) is 0 Å². The van der Waals surface area contributed by atoms with Gasteiger partial charge in [0.25, 0.3) is 0 Å². The van der Waals surface area contributed by atoms with Crippen LogP contribution in [0.3, 0.4) is 0 Å². The molecule has 6 nitrogen and oxygen atoms in total. The normalized spacial score (nSPS) is 18.7. The maximum Gasteiger partial charge on any atom is 0.240 e. The molecule has 9 heteroatoms. The quantitative estimate of drug-likeness (QED) is 0.333. The molecule has 0 bridgehead atoms. The number of rotatable bonds is 8. The molecule has 0 atom stereocenters. The fraction of sp³-hybridized carbons (Fsp3) is 0.429. The van der Waals surface area contributed by atoms with Gasteiger partial charge in [-0.2, -0.15) is 0 Å². The Labute approximate surface area is 192 Å². The van der Waals surface area contributed by atoms with Crippen molar-refractivity contribution in [1.29, 1.82) is 0 Å². The average Bonchev–Trinajstić information content (AvgIpc) is 2.72. The molecule has 2 aromatic rings. The van der Waals surface area contributed by atoms with Crippen LogP contribution in [0.2, 0.25) is 0 Å². The Morgan fingerprint density at radius 2 is 1.60 bits per heavy atom. The standard InChI is InChI=1S/C21H29N3O3S.2ClH/c1-18-8-10-19(11-9-18)28(25,26)22-12-5-13-23-14-16-24(17-15-23)20-6-3-4-7-21(20)27-2;;/h3-4,6-11,22H,5,12-17H2,1-2H3;2*1H. The zero-order valence-corrected chi connectivity index (χ0v) is 19.8. The van der Waals surface area contributed by atoms with E-state index < -0.39 is 10.0 Å². The molecule has 1 heterocycles. The molecule has 0 amide bonds. The number of para-hydroxylation sites is 2. The van der Waals surface area contributed by atoms with Crippen LogP contribution in [0.4, 0.5) is 5.69 Å². The summed E-state index contributed by atoms with van der Waals surface area (Å²) in [5, 5.41) is 0. The number of ether oxygens (including phenoxy) is 1. The predicted octanol–water partition coefficient (Wildman–Crippen LogP) is -6.20. The summed E-state index contributed by atoms with van der Waals surface area (Å²) in [5.74, 6) is 0.950. The van der Waals surface area contributed by atoms with Crippen LogP contribution >= 0.6 is 0 Å². The van der Waals surface area contributed by atoms with Gasteiger partial charge in [0.05, 0.1) is 18.6 Å². The summed E-state index contributed by atoms with van der Waals surface area (Å²) < 4.78 is 32.9. The van der Waals surface area contributed by atoms with E-state index in [0.717, 1.165) is 50.5 Å². The van der Waals surface area contributed by atoms with Gasteiger partial charge in [-0.1, -0.05) is 29.8 Å². The first kappa shape index (κ1) is 26.7. The van der Waals surface area contributed by atoms with Gasteiger partial charge in [-0.3, -0.25) is 4.90 Å². The Bertz CT molecular complexity index is 871. The fourth-order valence-corrected chi connectivity index (χ4v) is 4.78. The Hall–Kier alpha value is -1.35. The lowest BCUT2D eigenvalue weighted by molar-refractivity contribution is -0.986. The van der Waals surface area contributed by atoms with Gasteiger partial charge in [0.2, 0.25) is 10.0 Å². The highest BCUT2D eigenvalue weighted by Crippen LogP contribution is 2.18. The molecule has 0 aromatic heterocycles. The first-order valence-corrected chi connectivity index (χ1v) is 11.4. The van der Waals surface area contributed by atoms with E-state index in [4.69, 9.17) is 4.74 Å². The summed E-state index contributed by atoms with van der Waals surface area (Å²) in [6, 6.07) is 15.2. The number of benzene rings is 2. The number of methoxy groups -OCH3 is 1. The molecule has 3 N–H and O–H groups in total. The zero-order valence-electron chi connectivity index (χ0n) is 17.5. The maximum atomic E-state index is 12.3. The minimum atomic E-state index is -3.41. The molecule has 0 saturated carbocycles. The van der Waals surface area contributed by atoms with Gasteiger partial charge < -0.3 is 34.5 Å². The third-order valence-electron chi connectivity index (χ3n) is 5.38. The molecule has 1 aliphatic heterocycles. The van der Waals surface area contributed by atoms with Crippen LogP contribution < -0.4 is 44.1 Å². The smallest absolute Gasteiger partial charge is 0.240 e. The molecule has 0 unspecified atom stereocenters. The summed E-state index contributed by atoms with van der Waals surface area (Å²) in [4.78, 5) is 3.33. The van der Waals surface area contributed by atoms with Gasteiger partial charge in [0, 0.05) is 19.0 Å². The number of piperazine rings is 1. The molecule has 0 spiro atoms. The second-order valence-electron chi connectivity index (χ2n) is 7.37. The molecule has 0 radical (unpaired) electrons. The van der Waals surface area contributed by atoms with E-state index in [-0.39, 0.29) is 24.8 Å². The maximum absolute atomic E-state index is 12.3. The second kappa shape index (κ2) is 12.5. The van der Waals surface area contributed by atoms with E-state index in [9.17, 15) is 8.42 Å². The van der Waals surface area contributed by atoms with Gasteiger partial charge >= 0.3 is 0 Å². The number of sulfonamides is 1. The lowest BCUT2D eigenvalue weighted by atomic mass is 10.2. The Kier molecular flexibility index (Phi) is 11.1. The van der Waals surface area contributed by atoms with Crippen molar-refractivity contribution in [2.24, 2.45) is 0 Å². The summed E-state index contributed by atoms with van der Waals surface area (Å²) >= 11 is 0. The highest BCUT2D eigenvalue weighted by molar-refractivity contribution is 7.89. The first-order valence-electron chi connectivity index (χ1n) is 9.87. The van der Waals surface area contributed by atoms with E-state index >= 15 is 0 Å². The van der Waals surface area contributed by atoms with Crippen molar-refractivity contribution in [2.45, 2.75) is 18.2 Å². The highest BCUT2D eigenvalue weighted by Gasteiger charge is 2.26.